The minimum Gasteiger partial charge on any atom is -0.367 e. The molecular weight excluding hydrogens is 250 g/mol. The lowest BCUT2D eigenvalue weighted by Crippen LogP contribution is -2.14. The molecule has 7 heteroatoms. The topological polar surface area (TPSA) is 87.3 Å². The summed E-state index contributed by atoms with van der Waals surface area (Å²) >= 11 is 0. The summed E-state index contributed by atoms with van der Waals surface area (Å²) in [5.74, 6) is -0.260. The molecule has 0 aromatic carbocycles. The second kappa shape index (κ2) is 6.60. The van der Waals surface area contributed by atoms with E-state index in [2.05, 4.69) is 18.3 Å². The zero-order valence-corrected chi connectivity index (χ0v) is 10.6. The summed E-state index contributed by atoms with van der Waals surface area (Å²) in [6, 6.07) is 0. The Morgan fingerprint density at radius 3 is 2.89 bits per heavy atom. The van der Waals surface area contributed by atoms with Crippen LogP contribution in [-0.2, 0) is 16.6 Å². The molecule has 0 radical (unpaired) electrons. The Kier molecular flexibility index (Phi) is 5.13. The molecular formula is C12H15N3O4. The van der Waals surface area contributed by atoms with Gasteiger partial charge in [-0.1, -0.05) is 12.7 Å². The smallest absolute Gasteiger partial charge is 0.312 e. The van der Waals surface area contributed by atoms with Gasteiger partial charge in [-0.05, 0) is 6.08 Å². The first-order valence-corrected chi connectivity index (χ1v) is 5.55. The van der Waals surface area contributed by atoms with Crippen LogP contribution in [0.4, 0.5) is 5.69 Å². The van der Waals surface area contributed by atoms with Gasteiger partial charge >= 0.3 is 5.69 Å². The van der Waals surface area contributed by atoms with Crippen molar-refractivity contribution in [3.05, 3.63) is 47.3 Å². The molecule has 0 aliphatic heterocycles. The molecule has 0 saturated heterocycles. The van der Waals surface area contributed by atoms with E-state index in [9.17, 15) is 14.9 Å². The number of aromatic nitrogens is 2. The first-order valence-electron chi connectivity index (χ1n) is 5.55. The van der Waals surface area contributed by atoms with Gasteiger partial charge in [0, 0.05) is 13.5 Å². The predicted octanol–water partition coefficient (Wildman–Crippen LogP) is 1.72. The van der Waals surface area contributed by atoms with Gasteiger partial charge in [-0.25, -0.2) is 0 Å². The number of rotatable bonds is 8. The van der Waals surface area contributed by atoms with Crippen molar-refractivity contribution in [2.75, 3.05) is 6.61 Å². The van der Waals surface area contributed by atoms with Crippen molar-refractivity contribution < 1.29 is 14.5 Å². The third kappa shape index (κ3) is 3.59. The molecule has 1 rings (SSSR count). The monoisotopic (exact) mass is 265 g/mol. The van der Waals surface area contributed by atoms with Crippen molar-refractivity contribution in [2.45, 2.75) is 12.5 Å². The first-order chi connectivity index (χ1) is 9.01. The molecule has 0 fully saturated rings. The Morgan fingerprint density at radius 1 is 1.68 bits per heavy atom. The number of allylic oxidation sites excluding steroid dienone is 1. The SMILES string of the molecule is C=CCO[C@@H](CC(=O)C=C)c1c([N+](=O)[O-])cnn1C. The van der Waals surface area contributed by atoms with Crippen LogP contribution in [0.15, 0.2) is 31.5 Å². The van der Waals surface area contributed by atoms with Crippen LogP contribution in [0.1, 0.15) is 18.2 Å². The molecule has 7 nitrogen and oxygen atoms in total. The molecule has 0 aliphatic rings. The molecule has 0 aliphatic carbocycles. The van der Waals surface area contributed by atoms with E-state index in [1.807, 2.05) is 0 Å². The van der Waals surface area contributed by atoms with Gasteiger partial charge in [-0.3, -0.25) is 19.6 Å². The van der Waals surface area contributed by atoms with E-state index in [1.165, 1.54) is 10.8 Å². The van der Waals surface area contributed by atoms with Crippen LogP contribution >= 0.6 is 0 Å². The maximum atomic E-state index is 11.4. The molecule has 19 heavy (non-hydrogen) atoms. The van der Waals surface area contributed by atoms with Gasteiger partial charge in [-0.2, -0.15) is 5.10 Å². The highest BCUT2D eigenvalue weighted by Gasteiger charge is 2.28. The van der Waals surface area contributed by atoms with Crippen molar-refractivity contribution >= 4 is 11.5 Å². The maximum Gasteiger partial charge on any atom is 0.312 e. The number of hydrogen-bond donors (Lipinski definition) is 0. The lowest BCUT2D eigenvalue weighted by Gasteiger charge is -2.15. The summed E-state index contributed by atoms with van der Waals surface area (Å²) in [7, 11) is 1.56. The maximum absolute atomic E-state index is 11.4. The summed E-state index contributed by atoms with van der Waals surface area (Å²) in [4.78, 5) is 21.8. The van der Waals surface area contributed by atoms with Gasteiger partial charge < -0.3 is 4.74 Å². The molecule has 0 amide bonds. The molecule has 1 aromatic heterocycles. The minimum atomic E-state index is -0.753. The van der Waals surface area contributed by atoms with Gasteiger partial charge in [-0.15, -0.1) is 6.58 Å². The quantitative estimate of drug-likeness (QED) is 0.309. The van der Waals surface area contributed by atoms with E-state index in [0.717, 1.165) is 12.3 Å². The first kappa shape index (κ1) is 14.8. The van der Waals surface area contributed by atoms with Crippen molar-refractivity contribution in [3.63, 3.8) is 0 Å². The molecule has 0 bridgehead atoms. The van der Waals surface area contributed by atoms with Crippen LogP contribution in [0.3, 0.4) is 0 Å². The third-order valence-corrected chi connectivity index (χ3v) is 2.50. The second-order valence-corrected chi connectivity index (χ2v) is 3.78. The van der Waals surface area contributed by atoms with Gasteiger partial charge in [0.05, 0.1) is 11.5 Å². The zero-order chi connectivity index (χ0) is 14.4. The number of carbonyl (C=O) groups is 1. The number of hydrogen-bond acceptors (Lipinski definition) is 5. The van der Waals surface area contributed by atoms with Gasteiger partial charge in [0.2, 0.25) is 0 Å². The number of ketones is 1. The third-order valence-electron chi connectivity index (χ3n) is 2.50. The van der Waals surface area contributed by atoms with E-state index in [-0.39, 0.29) is 30.2 Å². The summed E-state index contributed by atoms with van der Waals surface area (Å²) in [5.41, 5.74) is 0.0791. The molecule has 0 unspecified atom stereocenters. The Morgan fingerprint density at radius 2 is 2.37 bits per heavy atom. The van der Waals surface area contributed by atoms with Gasteiger partial charge in [0.1, 0.15) is 18.0 Å². The standard InChI is InChI=1S/C12H15N3O4/c1-4-6-19-11(7-9(16)5-2)12-10(15(17)18)8-13-14(12)3/h4-5,8,11H,1-2,6-7H2,3H3/t11-/m0/s1. The lowest BCUT2D eigenvalue weighted by molar-refractivity contribution is -0.386. The molecule has 0 N–H and O–H groups in total. The van der Waals surface area contributed by atoms with E-state index < -0.39 is 11.0 Å². The molecule has 1 atom stereocenters. The molecule has 1 aromatic rings. The Labute approximate surface area is 110 Å². The fraction of sp³-hybridized carbons (Fsp3) is 0.333. The summed E-state index contributed by atoms with van der Waals surface area (Å²) in [6.45, 7) is 7.06. The van der Waals surface area contributed by atoms with E-state index in [4.69, 9.17) is 4.74 Å². The van der Waals surface area contributed by atoms with Crippen LogP contribution < -0.4 is 0 Å². The van der Waals surface area contributed by atoms with Crippen LogP contribution in [0.25, 0.3) is 0 Å². The van der Waals surface area contributed by atoms with E-state index in [1.54, 1.807) is 7.05 Å². The second-order valence-electron chi connectivity index (χ2n) is 3.78. The number of carbonyl (C=O) groups excluding carboxylic acids is 1. The predicted molar refractivity (Wildman–Crippen MR) is 68.6 cm³/mol. The van der Waals surface area contributed by atoms with E-state index in [0.29, 0.717) is 0 Å². The molecule has 0 saturated carbocycles. The number of aryl methyl sites for hydroxylation is 1. The van der Waals surface area contributed by atoms with Crippen molar-refractivity contribution in [1.29, 1.82) is 0 Å². The van der Waals surface area contributed by atoms with Crippen LogP contribution in [0.5, 0.6) is 0 Å². The lowest BCUT2D eigenvalue weighted by atomic mass is 10.1. The largest absolute Gasteiger partial charge is 0.367 e. The van der Waals surface area contributed by atoms with Crippen LogP contribution in [0.2, 0.25) is 0 Å². The Bertz CT molecular complexity index is 507. The van der Waals surface area contributed by atoms with Gasteiger partial charge in [0.15, 0.2) is 5.78 Å². The fourth-order valence-corrected chi connectivity index (χ4v) is 1.63. The summed E-state index contributed by atoms with van der Waals surface area (Å²) < 4.78 is 6.76. The normalized spacial score (nSPS) is 11.8. The van der Waals surface area contributed by atoms with Crippen LogP contribution in [0, 0.1) is 10.1 Å². The Hall–Kier alpha value is -2.28. The van der Waals surface area contributed by atoms with Crippen molar-refractivity contribution in [2.24, 2.45) is 7.05 Å². The van der Waals surface area contributed by atoms with Crippen LogP contribution in [-0.4, -0.2) is 27.1 Å². The minimum absolute atomic E-state index is 0.0300. The number of ether oxygens (including phenoxy) is 1. The molecule has 102 valence electrons. The number of nitro groups is 1. The summed E-state index contributed by atoms with van der Waals surface area (Å²) in [6.07, 6.45) is 3.02. The summed E-state index contributed by atoms with van der Waals surface area (Å²) in [5, 5.41) is 14.8. The van der Waals surface area contributed by atoms with Crippen molar-refractivity contribution in [1.82, 2.24) is 9.78 Å². The highest BCUT2D eigenvalue weighted by atomic mass is 16.6. The fourth-order valence-electron chi connectivity index (χ4n) is 1.63. The Balaban J connectivity index is 3.11. The molecule has 1 heterocycles. The number of nitrogens with zero attached hydrogens (tertiary/aromatic N) is 3. The van der Waals surface area contributed by atoms with Gasteiger partial charge in [0.25, 0.3) is 0 Å². The zero-order valence-electron chi connectivity index (χ0n) is 10.6. The highest BCUT2D eigenvalue weighted by molar-refractivity contribution is 5.89. The highest BCUT2D eigenvalue weighted by Crippen LogP contribution is 2.29. The molecule has 0 spiro atoms. The van der Waals surface area contributed by atoms with E-state index >= 15 is 0 Å². The van der Waals surface area contributed by atoms with Crippen molar-refractivity contribution in [3.8, 4) is 0 Å². The average molecular weight is 265 g/mol. The average Bonchev–Trinajstić information content (AvgIpc) is 2.76.